The highest BCUT2D eigenvalue weighted by molar-refractivity contribution is 6.32. The SMILES string of the molecule is Cc1nn(-c2cnc(OCC3COC3)c(Cl)c2)c2ccc(C(=O)O)cc12. The van der Waals surface area contributed by atoms with Crippen LogP contribution in [0.2, 0.25) is 5.02 Å². The molecule has 0 atom stereocenters. The number of fused-ring (bicyclic) bond motifs is 1. The van der Waals surface area contributed by atoms with Gasteiger partial charge in [-0.05, 0) is 31.2 Å². The monoisotopic (exact) mass is 373 g/mol. The maximum Gasteiger partial charge on any atom is 0.335 e. The Labute approximate surface area is 154 Å². The van der Waals surface area contributed by atoms with Crippen molar-refractivity contribution < 1.29 is 19.4 Å². The number of hydrogen-bond donors (Lipinski definition) is 1. The molecule has 1 N–H and O–H groups in total. The van der Waals surface area contributed by atoms with Gasteiger partial charge in [-0.3, -0.25) is 0 Å². The summed E-state index contributed by atoms with van der Waals surface area (Å²) in [6, 6.07) is 6.63. The van der Waals surface area contributed by atoms with Crippen molar-refractivity contribution in [2.45, 2.75) is 6.92 Å². The number of carboxylic acids is 1. The minimum absolute atomic E-state index is 0.222. The van der Waals surface area contributed by atoms with Crippen molar-refractivity contribution in [3.8, 4) is 11.6 Å². The first-order valence-electron chi connectivity index (χ1n) is 8.12. The van der Waals surface area contributed by atoms with Crippen LogP contribution >= 0.6 is 11.6 Å². The number of aryl methyl sites for hydroxylation is 1. The first-order chi connectivity index (χ1) is 12.5. The molecule has 3 heterocycles. The van der Waals surface area contributed by atoms with E-state index in [0.29, 0.717) is 42.3 Å². The quantitative estimate of drug-likeness (QED) is 0.739. The number of benzene rings is 1. The Kier molecular flexibility index (Phi) is 4.26. The minimum Gasteiger partial charge on any atom is -0.478 e. The van der Waals surface area contributed by atoms with Crippen molar-refractivity contribution in [3.05, 3.63) is 46.7 Å². The van der Waals surface area contributed by atoms with Gasteiger partial charge in [0.15, 0.2) is 0 Å². The molecule has 8 heteroatoms. The van der Waals surface area contributed by atoms with Crippen molar-refractivity contribution in [1.82, 2.24) is 14.8 Å². The summed E-state index contributed by atoms with van der Waals surface area (Å²) < 4.78 is 12.5. The van der Waals surface area contributed by atoms with Crippen LogP contribution < -0.4 is 4.74 Å². The summed E-state index contributed by atoms with van der Waals surface area (Å²) in [4.78, 5) is 15.5. The van der Waals surface area contributed by atoms with Gasteiger partial charge in [-0.25, -0.2) is 14.5 Å². The van der Waals surface area contributed by atoms with Crippen LogP contribution in [0.4, 0.5) is 0 Å². The first-order valence-corrected chi connectivity index (χ1v) is 8.50. The lowest BCUT2D eigenvalue weighted by atomic mass is 10.1. The zero-order valence-corrected chi connectivity index (χ0v) is 14.7. The zero-order chi connectivity index (χ0) is 18.3. The van der Waals surface area contributed by atoms with Gasteiger partial charge < -0.3 is 14.6 Å². The number of aromatic nitrogens is 3. The largest absolute Gasteiger partial charge is 0.478 e. The van der Waals surface area contributed by atoms with E-state index in [2.05, 4.69) is 10.1 Å². The van der Waals surface area contributed by atoms with Crippen molar-refractivity contribution in [1.29, 1.82) is 0 Å². The minimum atomic E-state index is -0.970. The van der Waals surface area contributed by atoms with Gasteiger partial charge in [0.25, 0.3) is 0 Å². The van der Waals surface area contributed by atoms with Gasteiger partial charge in [0.1, 0.15) is 5.02 Å². The van der Waals surface area contributed by atoms with E-state index in [1.807, 2.05) is 6.92 Å². The number of carbonyl (C=O) groups is 1. The molecule has 1 aliphatic heterocycles. The number of carboxylic acid groups (broad SMARTS) is 1. The number of halogens is 1. The summed E-state index contributed by atoms with van der Waals surface area (Å²) in [5, 5.41) is 14.8. The average Bonchev–Trinajstić information content (AvgIpc) is 2.91. The predicted molar refractivity (Wildman–Crippen MR) is 95.4 cm³/mol. The Balaban J connectivity index is 1.66. The van der Waals surface area contributed by atoms with Gasteiger partial charge in [0.2, 0.25) is 5.88 Å². The topological polar surface area (TPSA) is 86.5 Å². The molecule has 26 heavy (non-hydrogen) atoms. The maximum atomic E-state index is 11.2. The fourth-order valence-electron chi connectivity index (χ4n) is 2.81. The highest BCUT2D eigenvalue weighted by Crippen LogP contribution is 2.28. The number of ether oxygens (including phenoxy) is 2. The molecule has 0 aliphatic carbocycles. The van der Waals surface area contributed by atoms with Crippen LogP contribution in [0.3, 0.4) is 0 Å². The molecule has 2 aromatic heterocycles. The smallest absolute Gasteiger partial charge is 0.335 e. The molecule has 0 amide bonds. The molecule has 0 radical (unpaired) electrons. The highest BCUT2D eigenvalue weighted by atomic mass is 35.5. The van der Waals surface area contributed by atoms with Gasteiger partial charge in [0.05, 0.1) is 48.5 Å². The number of rotatable bonds is 5. The van der Waals surface area contributed by atoms with Gasteiger partial charge in [0, 0.05) is 11.3 Å². The molecule has 0 saturated carbocycles. The lowest BCUT2D eigenvalue weighted by Gasteiger charge is -2.25. The number of nitrogens with zero attached hydrogens (tertiary/aromatic N) is 3. The standard InChI is InChI=1S/C18H16ClN3O4/c1-10-14-4-12(18(23)24)2-3-16(14)22(21-10)13-5-15(19)17(20-6-13)26-9-11-7-25-8-11/h2-6,11H,7-9H2,1H3,(H,23,24). The van der Waals surface area contributed by atoms with Gasteiger partial charge >= 0.3 is 5.97 Å². The zero-order valence-electron chi connectivity index (χ0n) is 14.0. The summed E-state index contributed by atoms with van der Waals surface area (Å²) >= 11 is 6.31. The maximum absolute atomic E-state index is 11.2. The average molecular weight is 374 g/mol. The molecule has 1 aliphatic rings. The highest BCUT2D eigenvalue weighted by Gasteiger charge is 2.20. The summed E-state index contributed by atoms with van der Waals surface area (Å²) in [6.07, 6.45) is 1.63. The summed E-state index contributed by atoms with van der Waals surface area (Å²) in [5.74, 6) is -0.209. The third-order valence-corrected chi connectivity index (χ3v) is 4.58. The van der Waals surface area contributed by atoms with E-state index in [0.717, 1.165) is 16.6 Å². The molecule has 0 unspecified atom stereocenters. The van der Waals surface area contributed by atoms with E-state index in [-0.39, 0.29) is 5.56 Å². The molecule has 1 fully saturated rings. The molecule has 1 saturated heterocycles. The molecule has 134 valence electrons. The normalized spacial score (nSPS) is 14.4. The Morgan fingerprint density at radius 3 is 2.88 bits per heavy atom. The van der Waals surface area contributed by atoms with Gasteiger partial charge in [-0.15, -0.1) is 0 Å². The summed E-state index contributed by atoms with van der Waals surface area (Å²) in [5.41, 5.74) is 2.41. The van der Waals surface area contributed by atoms with Crippen molar-refractivity contribution in [3.63, 3.8) is 0 Å². The fourth-order valence-corrected chi connectivity index (χ4v) is 3.03. The number of hydrogen-bond acceptors (Lipinski definition) is 5. The lowest BCUT2D eigenvalue weighted by molar-refractivity contribution is -0.0514. The van der Waals surface area contributed by atoms with Crippen LogP contribution in [0.25, 0.3) is 16.6 Å². The van der Waals surface area contributed by atoms with Crippen LogP contribution in [-0.4, -0.2) is 45.7 Å². The Morgan fingerprint density at radius 1 is 1.42 bits per heavy atom. The number of aromatic carboxylic acids is 1. The van der Waals surface area contributed by atoms with Crippen molar-refractivity contribution in [2.24, 2.45) is 5.92 Å². The Bertz CT molecular complexity index is 998. The second kappa shape index (κ2) is 6.59. The van der Waals surface area contributed by atoms with Crippen molar-refractivity contribution in [2.75, 3.05) is 19.8 Å². The summed E-state index contributed by atoms with van der Waals surface area (Å²) in [6.45, 7) is 3.75. The Morgan fingerprint density at radius 2 is 2.23 bits per heavy atom. The van der Waals surface area contributed by atoms with Crippen LogP contribution in [0, 0.1) is 12.8 Å². The second-order valence-corrected chi connectivity index (χ2v) is 6.64. The van der Waals surface area contributed by atoms with Crippen molar-refractivity contribution >= 4 is 28.5 Å². The van der Waals surface area contributed by atoms with E-state index < -0.39 is 5.97 Å². The molecule has 4 rings (SSSR count). The predicted octanol–water partition coefficient (Wildman–Crippen LogP) is 3.11. The van der Waals surface area contributed by atoms with Crippen LogP contribution in [0.15, 0.2) is 30.5 Å². The third kappa shape index (κ3) is 3.00. The lowest BCUT2D eigenvalue weighted by Crippen LogP contribution is -2.32. The summed E-state index contributed by atoms with van der Waals surface area (Å²) in [7, 11) is 0. The van der Waals surface area contributed by atoms with Crippen LogP contribution in [0.1, 0.15) is 16.1 Å². The van der Waals surface area contributed by atoms with E-state index >= 15 is 0 Å². The molecular weight excluding hydrogens is 358 g/mol. The fraction of sp³-hybridized carbons (Fsp3) is 0.278. The van der Waals surface area contributed by atoms with E-state index in [1.165, 1.54) is 0 Å². The Hall–Kier alpha value is -2.64. The third-order valence-electron chi connectivity index (χ3n) is 4.31. The van der Waals surface area contributed by atoms with Crippen LogP contribution in [-0.2, 0) is 4.74 Å². The van der Waals surface area contributed by atoms with E-state index in [4.69, 9.17) is 26.2 Å². The molecule has 0 spiro atoms. The van der Waals surface area contributed by atoms with Gasteiger partial charge in [-0.2, -0.15) is 5.10 Å². The molecule has 1 aromatic carbocycles. The molecule has 7 nitrogen and oxygen atoms in total. The van der Waals surface area contributed by atoms with Crippen LogP contribution in [0.5, 0.6) is 5.88 Å². The molecule has 0 bridgehead atoms. The first kappa shape index (κ1) is 16.8. The molecular formula is C18H16ClN3O4. The number of pyridine rings is 1. The molecule has 3 aromatic rings. The van der Waals surface area contributed by atoms with Gasteiger partial charge in [-0.1, -0.05) is 11.6 Å². The second-order valence-electron chi connectivity index (χ2n) is 6.23. The van der Waals surface area contributed by atoms with E-state index in [1.54, 1.807) is 35.1 Å². The van der Waals surface area contributed by atoms with E-state index in [9.17, 15) is 4.79 Å².